The van der Waals surface area contributed by atoms with Crippen molar-refractivity contribution in [2.24, 2.45) is 0 Å². The van der Waals surface area contributed by atoms with Gasteiger partial charge in [0.05, 0.1) is 5.41 Å². The number of carbonyl (C=O) groups excluding carboxylic acids is 1. The zero-order valence-electron chi connectivity index (χ0n) is 16.2. The summed E-state index contributed by atoms with van der Waals surface area (Å²) in [4.78, 5) is 13.3. The lowest BCUT2D eigenvalue weighted by Crippen LogP contribution is -2.45. The number of amides is 1. The van der Waals surface area contributed by atoms with E-state index in [-0.39, 0.29) is 11.3 Å². The summed E-state index contributed by atoms with van der Waals surface area (Å²) in [6.45, 7) is 0.564. The van der Waals surface area contributed by atoms with Crippen LogP contribution in [-0.2, 0) is 16.8 Å². The molecule has 0 saturated heterocycles. The molecule has 0 bridgehead atoms. The topological polar surface area (TPSA) is 29.1 Å². The molecule has 3 aromatic carbocycles. The van der Waals surface area contributed by atoms with Gasteiger partial charge in [0.15, 0.2) is 0 Å². The van der Waals surface area contributed by atoms with Crippen molar-refractivity contribution in [3.05, 3.63) is 96.1 Å². The summed E-state index contributed by atoms with van der Waals surface area (Å²) in [5.74, 6) is 0.170. The van der Waals surface area contributed by atoms with E-state index in [2.05, 4.69) is 66.0 Å². The first-order valence-corrected chi connectivity index (χ1v) is 10.3. The summed E-state index contributed by atoms with van der Waals surface area (Å²) in [5.41, 5.74) is 4.29. The fraction of sp³-hybridized carbons (Fsp3) is 0.269. The Hall–Kier alpha value is -2.87. The summed E-state index contributed by atoms with van der Waals surface area (Å²) < 4.78 is 0. The van der Waals surface area contributed by atoms with Crippen LogP contribution in [0.2, 0.25) is 0 Å². The predicted molar refractivity (Wildman–Crippen MR) is 115 cm³/mol. The lowest BCUT2D eigenvalue weighted by molar-refractivity contribution is -0.128. The third-order valence-corrected chi connectivity index (χ3v) is 5.96. The van der Waals surface area contributed by atoms with Crippen molar-refractivity contribution < 1.29 is 4.79 Å². The number of hydrogen-bond donors (Lipinski definition) is 1. The Morgan fingerprint density at radius 3 is 2.11 bits per heavy atom. The van der Waals surface area contributed by atoms with Crippen LogP contribution in [0.5, 0.6) is 0 Å². The van der Waals surface area contributed by atoms with Crippen LogP contribution >= 0.6 is 0 Å². The smallest absolute Gasteiger partial charge is 0.230 e. The molecule has 28 heavy (non-hydrogen) atoms. The Bertz CT molecular complexity index is 911. The molecule has 142 valence electrons. The first kappa shape index (κ1) is 18.5. The molecular weight excluding hydrogens is 342 g/mol. The van der Waals surface area contributed by atoms with Gasteiger partial charge in [0.2, 0.25) is 5.91 Å². The molecule has 1 amide bonds. The maximum atomic E-state index is 13.3. The zero-order chi connectivity index (χ0) is 19.2. The summed E-state index contributed by atoms with van der Waals surface area (Å²) in [6, 6.07) is 29.1. The van der Waals surface area contributed by atoms with Crippen LogP contribution in [0.15, 0.2) is 84.9 Å². The minimum Gasteiger partial charge on any atom is -0.351 e. The van der Waals surface area contributed by atoms with E-state index in [0.717, 1.165) is 36.8 Å². The minimum absolute atomic E-state index is 0.170. The molecule has 1 N–H and O–H groups in total. The standard InChI is InChI=1S/C26H27NO/c28-25(26(17-8-3-9-18-26)24-15-6-2-7-16-24)27-20-21-11-10-14-23(19-21)22-12-4-1-5-13-22/h1-2,4-7,10-16,19H,3,8-9,17-18,20H2,(H,27,28). The van der Waals surface area contributed by atoms with Crippen molar-refractivity contribution in [2.75, 3.05) is 0 Å². The third kappa shape index (κ3) is 3.87. The van der Waals surface area contributed by atoms with Gasteiger partial charge in [0.1, 0.15) is 0 Å². The number of nitrogens with one attached hydrogen (secondary N) is 1. The van der Waals surface area contributed by atoms with Gasteiger partial charge in [0.25, 0.3) is 0 Å². The van der Waals surface area contributed by atoms with E-state index in [1.807, 2.05) is 24.3 Å². The molecule has 4 rings (SSSR count). The first-order valence-electron chi connectivity index (χ1n) is 10.3. The quantitative estimate of drug-likeness (QED) is 0.598. The van der Waals surface area contributed by atoms with Crippen molar-refractivity contribution in [1.29, 1.82) is 0 Å². The van der Waals surface area contributed by atoms with Gasteiger partial charge >= 0.3 is 0 Å². The predicted octanol–water partition coefficient (Wildman–Crippen LogP) is 5.87. The Morgan fingerprint density at radius 2 is 1.39 bits per heavy atom. The van der Waals surface area contributed by atoms with Gasteiger partial charge in [-0.1, -0.05) is 98.1 Å². The van der Waals surface area contributed by atoms with Crippen molar-refractivity contribution in [1.82, 2.24) is 5.32 Å². The molecule has 1 saturated carbocycles. The van der Waals surface area contributed by atoms with E-state index in [9.17, 15) is 4.79 Å². The van der Waals surface area contributed by atoms with E-state index in [0.29, 0.717) is 6.54 Å². The highest BCUT2D eigenvalue weighted by Gasteiger charge is 2.40. The monoisotopic (exact) mass is 369 g/mol. The van der Waals surface area contributed by atoms with E-state index in [1.54, 1.807) is 0 Å². The second-order valence-electron chi connectivity index (χ2n) is 7.76. The number of carbonyl (C=O) groups is 1. The molecule has 0 heterocycles. The van der Waals surface area contributed by atoms with Crippen molar-refractivity contribution in [3.8, 4) is 11.1 Å². The van der Waals surface area contributed by atoms with Gasteiger partial charge in [-0.05, 0) is 41.2 Å². The van der Waals surface area contributed by atoms with Gasteiger partial charge in [-0.15, -0.1) is 0 Å². The largest absolute Gasteiger partial charge is 0.351 e. The maximum Gasteiger partial charge on any atom is 0.230 e. The lowest BCUT2D eigenvalue weighted by atomic mass is 9.68. The molecule has 0 atom stereocenters. The molecule has 0 spiro atoms. The third-order valence-electron chi connectivity index (χ3n) is 5.96. The van der Waals surface area contributed by atoms with E-state index in [4.69, 9.17) is 0 Å². The Kier molecular flexibility index (Phi) is 5.57. The Labute approximate surface area is 167 Å². The fourth-order valence-corrected chi connectivity index (χ4v) is 4.40. The Morgan fingerprint density at radius 1 is 0.750 bits per heavy atom. The summed E-state index contributed by atoms with van der Waals surface area (Å²) >= 11 is 0. The van der Waals surface area contributed by atoms with Crippen LogP contribution in [0.4, 0.5) is 0 Å². The van der Waals surface area contributed by atoms with Crippen LogP contribution < -0.4 is 5.32 Å². The van der Waals surface area contributed by atoms with Gasteiger partial charge in [-0.2, -0.15) is 0 Å². The zero-order valence-corrected chi connectivity index (χ0v) is 16.2. The minimum atomic E-state index is -0.378. The first-order chi connectivity index (χ1) is 13.8. The molecule has 1 aliphatic rings. The highest BCUT2D eigenvalue weighted by Crippen LogP contribution is 2.39. The van der Waals surface area contributed by atoms with E-state index >= 15 is 0 Å². The average Bonchev–Trinajstić information content (AvgIpc) is 2.79. The van der Waals surface area contributed by atoms with Crippen LogP contribution in [0.3, 0.4) is 0 Å². The maximum absolute atomic E-state index is 13.3. The second kappa shape index (κ2) is 8.43. The Balaban J connectivity index is 1.52. The van der Waals surface area contributed by atoms with Gasteiger partial charge in [0, 0.05) is 6.54 Å². The van der Waals surface area contributed by atoms with Crippen LogP contribution in [0.1, 0.15) is 43.2 Å². The lowest BCUT2D eigenvalue weighted by Gasteiger charge is -2.36. The molecule has 0 radical (unpaired) electrons. The fourth-order valence-electron chi connectivity index (χ4n) is 4.40. The average molecular weight is 370 g/mol. The van der Waals surface area contributed by atoms with Crippen LogP contribution in [-0.4, -0.2) is 5.91 Å². The highest BCUT2D eigenvalue weighted by molar-refractivity contribution is 5.88. The van der Waals surface area contributed by atoms with Crippen molar-refractivity contribution in [2.45, 2.75) is 44.1 Å². The van der Waals surface area contributed by atoms with Crippen molar-refractivity contribution in [3.63, 3.8) is 0 Å². The molecule has 0 aliphatic heterocycles. The molecule has 3 aromatic rings. The molecule has 1 aliphatic carbocycles. The second-order valence-corrected chi connectivity index (χ2v) is 7.76. The molecule has 0 unspecified atom stereocenters. The van der Waals surface area contributed by atoms with E-state index < -0.39 is 0 Å². The highest BCUT2D eigenvalue weighted by atomic mass is 16.2. The van der Waals surface area contributed by atoms with Gasteiger partial charge < -0.3 is 5.32 Å². The number of rotatable bonds is 5. The normalized spacial score (nSPS) is 15.7. The number of hydrogen-bond acceptors (Lipinski definition) is 1. The molecule has 2 heteroatoms. The van der Waals surface area contributed by atoms with E-state index in [1.165, 1.54) is 17.5 Å². The number of benzene rings is 3. The summed E-state index contributed by atoms with van der Waals surface area (Å²) in [6.07, 6.45) is 5.33. The SMILES string of the molecule is O=C(NCc1cccc(-c2ccccc2)c1)C1(c2ccccc2)CCCCC1. The van der Waals surface area contributed by atoms with Gasteiger partial charge in [-0.25, -0.2) is 0 Å². The van der Waals surface area contributed by atoms with Crippen molar-refractivity contribution >= 4 is 5.91 Å². The van der Waals surface area contributed by atoms with Gasteiger partial charge in [-0.3, -0.25) is 4.79 Å². The molecule has 0 aromatic heterocycles. The van der Waals surface area contributed by atoms with Crippen LogP contribution in [0.25, 0.3) is 11.1 Å². The molecule has 1 fully saturated rings. The van der Waals surface area contributed by atoms with Crippen LogP contribution in [0, 0.1) is 0 Å². The summed E-state index contributed by atoms with van der Waals surface area (Å²) in [7, 11) is 0. The molecule has 2 nitrogen and oxygen atoms in total. The molecular formula is C26H27NO. The summed E-state index contributed by atoms with van der Waals surface area (Å²) in [5, 5.41) is 3.25.